The second kappa shape index (κ2) is 17.9. The van der Waals surface area contributed by atoms with E-state index in [0.717, 1.165) is 55.4 Å². The first kappa shape index (κ1) is 40.1. The zero-order chi connectivity index (χ0) is 39.1. The number of aliphatic hydroxyl groups excluding tert-OH is 2. The molecule has 4 aliphatic rings. The van der Waals surface area contributed by atoms with Crippen LogP contribution in [0.3, 0.4) is 0 Å². The summed E-state index contributed by atoms with van der Waals surface area (Å²) in [4.78, 5) is 34.5. The van der Waals surface area contributed by atoms with E-state index in [1.54, 1.807) is 42.4 Å². The van der Waals surface area contributed by atoms with Crippen molar-refractivity contribution in [2.24, 2.45) is 28.8 Å². The molecule has 0 radical (unpaired) electrons. The van der Waals surface area contributed by atoms with Crippen molar-refractivity contribution in [2.75, 3.05) is 53.5 Å². The first-order chi connectivity index (χ1) is 26.7. The van der Waals surface area contributed by atoms with Gasteiger partial charge in [-0.3, -0.25) is 10.1 Å². The first-order valence-electron chi connectivity index (χ1n) is 19.3. The Hall–Kier alpha value is -4.59. The molecule has 6 atom stereocenters. The van der Waals surface area contributed by atoms with Crippen LogP contribution in [-0.4, -0.2) is 92.9 Å². The second-order valence-electron chi connectivity index (χ2n) is 14.8. The minimum atomic E-state index is -1.32. The number of ether oxygens (including phenoxy) is 5. The molecule has 0 spiro atoms. The zero-order valence-electron chi connectivity index (χ0n) is 32.3. The molecule has 13 nitrogen and oxygen atoms in total. The third-order valence-electron chi connectivity index (χ3n) is 11.4. The Morgan fingerprint density at radius 1 is 1.02 bits per heavy atom. The van der Waals surface area contributed by atoms with Crippen LogP contribution in [0.1, 0.15) is 69.3 Å². The quantitative estimate of drug-likeness (QED) is 0.0877. The van der Waals surface area contributed by atoms with Gasteiger partial charge in [-0.05, 0) is 86.3 Å². The van der Waals surface area contributed by atoms with Crippen molar-refractivity contribution in [3.05, 3.63) is 66.3 Å². The van der Waals surface area contributed by atoms with Gasteiger partial charge in [0.1, 0.15) is 36.1 Å². The normalized spacial score (nSPS) is 25.7. The maximum atomic E-state index is 13.8. The predicted molar refractivity (Wildman–Crippen MR) is 207 cm³/mol. The van der Waals surface area contributed by atoms with Crippen LogP contribution in [-0.2, 0) is 14.4 Å². The molecule has 6 unspecified atom stereocenters. The summed E-state index contributed by atoms with van der Waals surface area (Å²) in [6.45, 7) is 4.32. The summed E-state index contributed by atoms with van der Waals surface area (Å²) in [5, 5.41) is 26.9. The number of unbranched alkanes of at least 4 members (excludes halogenated alkanes) is 2. The van der Waals surface area contributed by atoms with E-state index in [1.807, 2.05) is 19.2 Å². The number of carbonyl (C=O) groups excluding carboxylic acids is 2. The molecule has 0 aromatic heterocycles. The summed E-state index contributed by atoms with van der Waals surface area (Å²) in [5.41, 5.74) is 2.92. The average molecular weight is 762 g/mol. The number of hydrogen-bond donors (Lipinski definition) is 3. The number of fused-ring (bicyclic) bond motifs is 2. The third kappa shape index (κ3) is 8.34. The lowest BCUT2D eigenvalue weighted by molar-refractivity contribution is -0.255. The highest BCUT2D eigenvalue weighted by molar-refractivity contribution is 6.03. The van der Waals surface area contributed by atoms with Gasteiger partial charge in [0.25, 0.3) is 0 Å². The van der Waals surface area contributed by atoms with E-state index < -0.39 is 23.8 Å². The predicted octanol–water partition coefficient (Wildman–Crippen LogP) is 6.45. The molecule has 2 aromatic carbocycles. The van der Waals surface area contributed by atoms with Gasteiger partial charge in [0, 0.05) is 50.1 Å². The SMILES string of the molecule is C=CCOC12Oc3ccc(OC(=O)Nc4ccc(OC)cc4OC)cc3C3C(CCCCO)C(CCCCO)C=C(C(=NOC)CC1N(C)C(=O)C1CC1)C32. The van der Waals surface area contributed by atoms with Gasteiger partial charge >= 0.3 is 6.09 Å². The summed E-state index contributed by atoms with van der Waals surface area (Å²) in [6, 6.07) is 9.87. The highest BCUT2D eigenvalue weighted by Gasteiger charge is 2.65. The lowest BCUT2D eigenvalue weighted by Gasteiger charge is -2.59. The highest BCUT2D eigenvalue weighted by atomic mass is 16.7. The van der Waals surface area contributed by atoms with E-state index in [1.165, 1.54) is 14.2 Å². The average Bonchev–Trinajstić information content (AvgIpc) is 4.04. The molecule has 298 valence electrons. The van der Waals surface area contributed by atoms with Crippen molar-refractivity contribution in [3.63, 3.8) is 0 Å². The van der Waals surface area contributed by atoms with E-state index >= 15 is 0 Å². The Labute approximate surface area is 323 Å². The Kier molecular flexibility index (Phi) is 13.1. The Bertz CT molecular complexity index is 1760. The number of nitrogens with one attached hydrogen (secondary N) is 1. The first-order valence-corrected chi connectivity index (χ1v) is 19.3. The van der Waals surface area contributed by atoms with E-state index in [9.17, 15) is 19.8 Å². The lowest BCUT2D eigenvalue weighted by Crippen LogP contribution is -2.69. The standard InChI is InChI=1S/C42H55N3O10/c1-6-21-53-42-37(45(2)40(48)26-13-14-26)25-34(44-52-5)31-22-27(11-7-9-19-46)30(12-8-10-20-47)38(39(31)42)32-23-29(16-18-35(32)55-42)54-41(49)43-33-17-15-28(50-3)24-36(33)51-4/h6,15-18,22-24,26-27,30,37-39,46-47H,1,7-14,19-21,25H2,2-5H3,(H,43,49). The van der Waals surface area contributed by atoms with Crippen LogP contribution in [0.25, 0.3) is 0 Å². The molecule has 1 heterocycles. The van der Waals surface area contributed by atoms with Crippen LogP contribution in [0.2, 0.25) is 0 Å². The molecule has 2 amide bonds. The number of rotatable bonds is 18. The van der Waals surface area contributed by atoms with Crippen molar-refractivity contribution < 1.29 is 48.3 Å². The zero-order valence-corrected chi connectivity index (χ0v) is 32.3. The number of anilines is 1. The van der Waals surface area contributed by atoms with Crippen LogP contribution in [0, 0.1) is 23.7 Å². The van der Waals surface area contributed by atoms with Gasteiger partial charge in [-0.1, -0.05) is 30.1 Å². The molecule has 2 fully saturated rings. The maximum Gasteiger partial charge on any atom is 0.417 e. The van der Waals surface area contributed by atoms with Crippen molar-refractivity contribution >= 4 is 23.4 Å². The molecule has 55 heavy (non-hydrogen) atoms. The molecular weight excluding hydrogens is 706 g/mol. The number of carbonyl (C=O) groups is 2. The van der Waals surface area contributed by atoms with E-state index in [4.69, 9.17) is 28.5 Å². The lowest BCUT2D eigenvalue weighted by atomic mass is 9.55. The van der Waals surface area contributed by atoms with Crippen molar-refractivity contribution in [3.8, 4) is 23.0 Å². The molecule has 2 saturated carbocycles. The fourth-order valence-corrected chi connectivity index (χ4v) is 8.82. The smallest absolute Gasteiger partial charge is 0.417 e. The van der Waals surface area contributed by atoms with Gasteiger partial charge in [-0.15, -0.1) is 6.58 Å². The van der Waals surface area contributed by atoms with E-state index in [2.05, 4.69) is 23.1 Å². The monoisotopic (exact) mass is 761 g/mol. The van der Waals surface area contributed by atoms with Crippen molar-refractivity contribution in [1.82, 2.24) is 4.90 Å². The molecule has 3 aliphatic carbocycles. The number of oxime groups is 1. The number of hydrogen-bond acceptors (Lipinski definition) is 11. The number of likely N-dealkylation sites (N-methyl/N-ethyl adjacent to an activating group) is 1. The Balaban J connectivity index is 1.47. The van der Waals surface area contributed by atoms with Gasteiger partial charge in [-0.25, -0.2) is 4.79 Å². The maximum absolute atomic E-state index is 13.8. The minimum Gasteiger partial charge on any atom is -0.497 e. The molecule has 1 aliphatic heterocycles. The largest absolute Gasteiger partial charge is 0.497 e. The fraction of sp³-hybridized carbons (Fsp3) is 0.548. The third-order valence-corrected chi connectivity index (χ3v) is 11.4. The van der Waals surface area contributed by atoms with Crippen LogP contribution < -0.4 is 24.3 Å². The number of aliphatic hydroxyl groups is 2. The molecule has 6 rings (SSSR count). The number of benzene rings is 2. The fourth-order valence-electron chi connectivity index (χ4n) is 8.82. The number of allylic oxidation sites excluding steroid dienone is 1. The number of methoxy groups -OCH3 is 2. The van der Waals surface area contributed by atoms with Gasteiger partial charge < -0.3 is 43.6 Å². The van der Waals surface area contributed by atoms with Crippen LogP contribution in [0.5, 0.6) is 23.0 Å². The summed E-state index contributed by atoms with van der Waals surface area (Å²) in [6.07, 6.45) is 9.83. The molecular formula is C42H55N3O10. The second-order valence-corrected chi connectivity index (χ2v) is 14.8. The molecule has 0 bridgehead atoms. The summed E-state index contributed by atoms with van der Waals surface area (Å²) in [7, 11) is 6.41. The molecule has 13 heteroatoms. The highest BCUT2D eigenvalue weighted by Crippen LogP contribution is 2.62. The van der Waals surface area contributed by atoms with Crippen LogP contribution in [0.4, 0.5) is 10.5 Å². The van der Waals surface area contributed by atoms with Gasteiger partial charge in [-0.2, -0.15) is 0 Å². The number of nitrogens with zero attached hydrogens (tertiary/aromatic N) is 2. The summed E-state index contributed by atoms with van der Waals surface area (Å²) < 4.78 is 30.7. The molecule has 2 aromatic rings. The molecule has 0 saturated heterocycles. The van der Waals surface area contributed by atoms with Crippen molar-refractivity contribution in [1.29, 1.82) is 0 Å². The molecule has 3 N–H and O–H groups in total. The Morgan fingerprint density at radius 3 is 2.44 bits per heavy atom. The van der Waals surface area contributed by atoms with Gasteiger partial charge in [0.2, 0.25) is 11.7 Å². The van der Waals surface area contributed by atoms with E-state index in [-0.39, 0.29) is 49.4 Å². The van der Waals surface area contributed by atoms with Crippen molar-refractivity contribution in [2.45, 2.75) is 75.5 Å². The summed E-state index contributed by atoms with van der Waals surface area (Å²) >= 11 is 0. The van der Waals surface area contributed by atoms with Gasteiger partial charge in [0.05, 0.1) is 38.1 Å². The number of amides is 2. The van der Waals surface area contributed by atoms with Gasteiger partial charge in [0.15, 0.2) is 0 Å². The Morgan fingerprint density at radius 2 is 1.76 bits per heavy atom. The minimum absolute atomic E-state index is 0.0352. The summed E-state index contributed by atoms with van der Waals surface area (Å²) in [5.74, 6) is -0.0125. The van der Waals surface area contributed by atoms with E-state index in [0.29, 0.717) is 47.9 Å². The van der Waals surface area contributed by atoms with Crippen LogP contribution in [0.15, 0.2) is 65.9 Å². The topological polar surface area (TPSA) is 158 Å². The van der Waals surface area contributed by atoms with Crippen LogP contribution >= 0.6 is 0 Å².